The van der Waals surface area contributed by atoms with Gasteiger partial charge in [-0.1, -0.05) is 310 Å². The van der Waals surface area contributed by atoms with Gasteiger partial charge in [0.05, 0.1) is 37.6 Å². The lowest BCUT2D eigenvalue weighted by Crippen LogP contribution is -2.01. The lowest BCUT2D eigenvalue weighted by atomic mass is 9.89. The summed E-state index contributed by atoms with van der Waals surface area (Å²) in [5, 5.41) is 0. The Morgan fingerprint density at radius 1 is 0.219 bits per heavy atom. The second-order valence-electron chi connectivity index (χ2n) is 23.9. The summed E-state index contributed by atoms with van der Waals surface area (Å²) >= 11 is 10.7. The SMILES string of the molecule is CCCCCCCCCCC(CCCCCCCC)CCCCCCCCc1c(C)sc2c1sc1c2sc2c3sc(C)c(CCCCCCCCC(CCCCCCCC)CCCCCCCCCC)c3sc21. The highest BCUT2D eigenvalue weighted by Gasteiger charge is 2.24. The molecule has 418 valence electrons. The van der Waals surface area contributed by atoms with E-state index in [0.29, 0.717) is 0 Å². The summed E-state index contributed by atoms with van der Waals surface area (Å²) in [6.07, 6.45) is 69.4. The highest BCUT2D eigenvalue weighted by Crippen LogP contribution is 2.55. The molecule has 0 amide bonds. The molecule has 2 atom stereocenters. The monoisotopic (exact) mass is 1090 g/mol. The first-order valence-corrected chi connectivity index (χ1v) is 36.9. The molecule has 0 aromatic carbocycles. The maximum atomic E-state index is 2.42. The lowest BCUT2D eigenvalue weighted by Gasteiger charge is -2.17. The van der Waals surface area contributed by atoms with Crippen molar-refractivity contribution in [2.75, 3.05) is 0 Å². The quantitative estimate of drug-likeness (QED) is 0.0341. The van der Waals surface area contributed by atoms with Crippen LogP contribution in [-0.2, 0) is 12.8 Å². The molecule has 0 aliphatic carbocycles. The zero-order valence-corrected chi connectivity index (χ0v) is 53.2. The van der Waals surface area contributed by atoms with Crippen LogP contribution >= 0.6 is 56.7 Å². The molecular formula is C68H116S5. The van der Waals surface area contributed by atoms with Crippen molar-refractivity contribution in [2.24, 2.45) is 11.8 Å². The number of hydrogen-bond acceptors (Lipinski definition) is 5. The normalized spacial score (nSPS) is 13.1. The summed E-state index contributed by atoms with van der Waals surface area (Å²) < 4.78 is 13.0. The van der Waals surface area contributed by atoms with Crippen molar-refractivity contribution in [3.63, 3.8) is 0 Å². The molecule has 5 heteroatoms. The Bertz CT molecular complexity index is 1930. The van der Waals surface area contributed by atoms with Gasteiger partial charge in [0.1, 0.15) is 0 Å². The van der Waals surface area contributed by atoms with E-state index in [9.17, 15) is 0 Å². The molecule has 0 saturated carbocycles. The van der Waals surface area contributed by atoms with Crippen molar-refractivity contribution in [2.45, 2.75) is 350 Å². The van der Waals surface area contributed by atoms with Crippen molar-refractivity contribution in [1.29, 1.82) is 0 Å². The third kappa shape index (κ3) is 23.4. The fraction of sp³-hybridized carbons (Fsp3) is 0.824. The molecule has 0 aliphatic rings. The number of rotatable bonds is 50. The third-order valence-electron chi connectivity index (χ3n) is 17.4. The minimum atomic E-state index is 1.00. The highest BCUT2D eigenvalue weighted by molar-refractivity contribution is 7.48. The molecule has 0 aliphatic heterocycles. The maximum absolute atomic E-state index is 2.42. The summed E-state index contributed by atoms with van der Waals surface area (Å²) in [6.45, 7) is 14.2. The van der Waals surface area contributed by atoms with Crippen LogP contribution in [0.25, 0.3) is 37.6 Å². The number of aryl methyl sites for hydroxylation is 4. The zero-order chi connectivity index (χ0) is 51.6. The molecule has 5 heterocycles. The van der Waals surface area contributed by atoms with E-state index in [2.05, 4.69) is 98.2 Å². The van der Waals surface area contributed by atoms with Gasteiger partial charge in [0.15, 0.2) is 0 Å². The van der Waals surface area contributed by atoms with Gasteiger partial charge in [-0.15, -0.1) is 56.7 Å². The summed E-state index contributed by atoms with van der Waals surface area (Å²) in [5.41, 5.74) is 3.39. The second-order valence-corrected chi connectivity index (χ2v) is 29.4. The molecule has 0 saturated heterocycles. The van der Waals surface area contributed by atoms with E-state index >= 15 is 0 Å². The molecule has 5 aromatic heterocycles. The average molecular weight is 1090 g/mol. The van der Waals surface area contributed by atoms with E-state index in [1.54, 1.807) is 58.5 Å². The van der Waals surface area contributed by atoms with Gasteiger partial charge in [-0.2, -0.15) is 0 Å². The van der Waals surface area contributed by atoms with Crippen LogP contribution in [-0.4, -0.2) is 0 Å². The lowest BCUT2D eigenvalue weighted by molar-refractivity contribution is 0.365. The summed E-state index contributed by atoms with van der Waals surface area (Å²) in [6, 6.07) is 0. The zero-order valence-electron chi connectivity index (χ0n) is 49.1. The Hall–Kier alpha value is -0.460. The fourth-order valence-electron chi connectivity index (χ4n) is 12.6. The Kier molecular flexibility index (Phi) is 34.6. The van der Waals surface area contributed by atoms with Crippen molar-refractivity contribution >= 4 is 94.3 Å². The van der Waals surface area contributed by atoms with Gasteiger partial charge < -0.3 is 0 Å². The highest BCUT2D eigenvalue weighted by atomic mass is 32.1. The number of unbranched alkanes of at least 4 members (excludes halogenated alkanes) is 34. The molecule has 0 N–H and O–H groups in total. The van der Waals surface area contributed by atoms with Gasteiger partial charge in [-0.25, -0.2) is 0 Å². The Labute approximate surface area is 473 Å². The van der Waals surface area contributed by atoms with Crippen molar-refractivity contribution in [3.8, 4) is 0 Å². The Morgan fingerprint density at radius 2 is 0.411 bits per heavy atom. The molecule has 2 unspecified atom stereocenters. The molecular weight excluding hydrogens is 977 g/mol. The van der Waals surface area contributed by atoms with Crippen LogP contribution in [0.2, 0.25) is 0 Å². The molecule has 73 heavy (non-hydrogen) atoms. The number of fused-ring (bicyclic) bond motifs is 7. The minimum Gasteiger partial charge on any atom is -0.138 e. The fourth-order valence-corrected chi connectivity index (χ4v) is 20.3. The molecule has 5 rings (SSSR count). The molecule has 0 bridgehead atoms. The van der Waals surface area contributed by atoms with Crippen molar-refractivity contribution < 1.29 is 0 Å². The van der Waals surface area contributed by atoms with Gasteiger partial charge in [0.2, 0.25) is 0 Å². The predicted molar refractivity (Wildman–Crippen MR) is 345 cm³/mol. The Morgan fingerprint density at radius 3 is 0.658 bits per heavy atom. The molecule has 5 aromatic rings. The standard InChI is InChI=1S/C68H116S5/c1-7-11-15-19-23-25-33-41-49-57(47-39-31-21-17-13-9-3)51-43-35-27-29-37-45-53-59-55(5)69-63-61(59)71-67-65(63)73-66-64-62(72-68(66)67)60(56(6)70-64)54-46-38-30-28-36-44-52-58(48-40-32-22-18-14-10-4)50-42-34-26-24-20-16-12-8-2/h57-58H,7-54H2,1-6H3. The second kappa shape index (κ2) is 39.8. The third-order valence-corrected chi connectivity index (χ3v) is 24.4. The summed E-state index contributed by atoms with van der Waals surface area (Å²) in [5.74, 6) is 2.00. The van der Waals surface area contributed by atoms with Gasteiger partial charge in [-0.05, 0) is 62.5 Å². The van der Waals surface area contributed by atoms with E-state index < -0.39 is 0 Å². The van der Waals surface area contributed by atoms with Crippen LogP contribution in [0.4, 0.5) is 0 Å². The van der Waals surface area contributed by atoms with Gasteiger partial charge in [0.25, 0.3) is 0 Å². The van der Waals surface area contributed by atoms with Crippen LogP contribution in [0.3, 0.4) is 0 Å². The van der Waals surface area contributed by atoms with E-state index in [1.165, 1.54) is 308 Å². The Balaban J connectivity index is 1.01. The van der Waals surface area contributed by atoms with E-state index in [-0.39, 0.29) is 0 Å². The van der Waals surface area contributed by atoms with Gasteiger partial charge >= 0.3 is 0 Å². The first kappa shape index (κ1) is 63.4. The first-order chi connectivity index (χ1) is 36.0. The summed E-state index contributed by atoms with van der Waals surface area (Å²) in [7, 11) is 0. The average Bonchev–Trinajstić information content (AvgIpc) is 4.17. The molecule has 0 radical (unpaired) electrons. The van der Waals surface area contributed by atoms with Crippen LogP contribution < -0.4 is 0 Å². The molecule has 0 nitrogen and oxygen atoms in total. The van der Waals surface area contributed by atoms with Crippen LogP contribution in [0.1, 0.15) is 344 Å². The van der Waals surface area contributed by atoms with E-state index in [0.717, 1.165) is 11.8 Å². The van der Waals surface area contributed by atoms with E-state index in [4.69, 9.17) is 0 Å². The topological polar surface area (TPSA) is 0 Å². The largest absolute Gasteiger partial charge is 0.138 e. The van der Waals surface area contributed by atoms with Crippen LogP contribution in [0.5, 0.6) is 0 Å². The molecule has 0 spiro atoms. The minimum absolute atomic E-state index is 1.00. The maximum Gasteiger partial charge on any atom is 0.0651 e. The molecule has 0 fully saturated rings. The smallest absolute Gasteiger partial charge is 0.0651 e. The van der Waals surface area contributed by atoms with Crippen molar-refractivity contribution in [1.82, 2.24) is 0 Å². The van der Waals surface area contributed by atoms with Crippen LogP contribution in [0, 0.1) is 25.7 Å². The van der Waals surface area contributed by atoms with Crippen LogP contribution in [0.15, 0.2) is 0 Å². The van der Waals surface area contributed by atoms with Gasteiger partial charge in [-0.3, -0.25) is 0 Å². The van der Waals surface area contributed by atoms with E-state index in [1.807, 2.05) is 0 Å². The first-order valence-electron chi connectivity index (χ1n) is 32.8. The summed E-state index contributed by atoms with van der Waals surface area (Å²) in [4.78, 5) is 3.18. The van der Waals surface area contributed by atoms with Crippen molar-refractivity contribution in [3.05, 3.63) is 20.9 Å². The number of thiophene rings is 5. The predicted octanol–water partition coefficient (Wildman–Crippen LogP) is 27.6. The number of hydrogen-bond donors (Lipinski definition) is 0. The van der Waals surface area contributed by atoms with Gasteiger partial charge in [0, 0.05) is 9.75 Å².